The second kappa shape index (κ2) is 4.14. The lowest BCUT2D eigenvalue weighted by Gasteiger charge is -2.02. The molecule has 0 aliphatic rings. The number of hydrogen-bond acceptors (Lipinski definition) is 3. The molecule has 1 aromatic heterocycles. The first kappa shape index (κ1) is 10.4. The molecule has 0 aliphatic carbocycles. The summed E-state index contributed by atoms with van der Waals surface area (Å²) < 4.78 is 6.49. The minimum Gasteiger partial charge on any atom is -0.421 e. The van der Waals surface area contributed by atoms with E-state index in [9.17, 15) is 0 Å². The molecule has 0 atom stereocenters. The Bertz CT molecular complexity index is 479. The number of aromatic nitrogens is 2. The molecule has 0 saturated carbocycles. The van der Waals surface area contributed by atoms with Crippen LogP contribution in [-0.2, 0) is 6.42 Å². The van der Waals surface area contributed by atoms with Crippen LogP contribution in [0.25, 0.3) is 11.5 Å². The van der Waals surface area contributed by atoms with Crippen molar-refractivity contribution in [3.63, 3.8) is 0 Å². The Kier molecular flexibility index (Phi) is 2.86. The highest BCUT2D eigenvalue weighted by Crippen LogP contribution is 2.24. The average Bonchev–Trinajstić information content (AvgIpc) is 2.66. The maximum absolute atomic E-state index is 5.37. The van der Waals surface area contributed by atoms with E-state index in [-0.39, 0.29) is 0 Å². The SMILES string of the molecule is CCc1cc(-c2nnc(C)o2)ccc1Br. The molecule has 2 rings (SSSR count). The van der Waals surface area contributed by atoms with Gasteiger partial charge in [0, 0.05) is 17.0 Å². The van der Waals surface area contributed by atoms with Crippen molar-refractivity contribution in [2.75, 3.05) is 0 Å². The van der Waals surface area contributed by atoms with E-state index in [1.807, 2.05) is 12.1 Å². The molecule has 1 heterocycles. The quantitative estimate of drug-likeness (QED) is 0.837. The molecule has 0 bridgehead atoms. The average molecular weight is 267 g/mol. The van der Waals surface area contributed by atoms with Crippen LogP contribution in [0.3, 0.4) is 0 Å². The Labute approximate surface area is 96.7 Å². The first-order valence-corrected chi connectivity index (χ1v) is 5.59. The fraction of sp³-hybridized carbons (Fsp3) is 0.273. The predicted octanol–water partition coefficient (Wildman–Crippen LogP) is 3.37. The lowest BCUT2D eigenvalue weighted by molar-refractivity contribution is 0.532. The molecule has 0 aliphatic heterocycles. The van der Waals surface area contributed by atoms with E-state index in [1.54, 1.807) is 6.92 Å². The van der Waals surface area contributed by atoms with Crippen LogP contribution in [0, 0.1) is 6.92 Å². The first-order valence-electron chi connectivity index (χ1n) is 4.79. The van der Waals surface area contributed by atoms with Crippen LogP contribution < -0.4 is 0 Å². The summed E-state index contributed by atoms with van der Waals surface area (Å²) in [6, 6.07) is 6.04. The molecule has 2 aromatic rings. The summed E-state index contributed by atoms with van der Waals surface area (Å²) in [6.45, 7) is 3.90. The van der Waals surface area contributed by atoms with Crippen LogP contribution in [-0.4, -0.2) is 10.2 Å². The predicted molar refractivity (Wildman–Crippen MR) is 61.5 cm³/mol. The fourth-order valence-electron chi connectivity index (χ4n) is 1.39. The molecule has 1 aromatic carbocycles. The summed E-state index contributed by atoms with van der Waals surface area (Å²) >= 11 is 3.50. The molecular weight excluding hydrogens is 256 g/mol. The third-order valence-corrected chi connectivity index (χ3v) is 2.97. The molecule has 0 amide bonds. The van der Waals surface area contributed by atoms with Crippen molar-refractivity contribution in [3.05, 3.63) is 34.1 Å². The zero-order valence-electron chi connectivity index (χ0n) is 8.62. The van der Waals surface area contributed by atoms with Gasteiger partial charge in [-0.25, -0.2) is 0 Å². The summed E-state index contributed by atoms with van der Waals surface area (Å²) in [5.74, 6) is 1.17. The molecule has 0 N–H and O–H groups in total. The molecule has 0 radical (unpaired) electrons. The molecule has 0 saturated heterocycles. The van der Waals surface area contributed by atoms with E-state index in [2.05, 4.69) is 39.1 Å². The van der Waals surface area contributed by atoms with Crippen LogP contribution in [0.2, 0.25) is 0 Å². The number of benzene rings is 1. The molecule has 0 fully saturated rings. The van der Waals surface area contributed by atoms with Gasteiger partial charge in [0.1, 0.15) is 0 Å². The van der Waals surface area contributed by atoms with Gasteiger partial charge in [0.05, 0.1) is 0 Å². The maximum Gasteiger partial charge on any atom is 0.247 e. The zero-order valence-corrected chi connectivity index (χ0v) is 10.2. The highest BCUT2D eigenvalue weighted by atomic mass is 79.9. The van der Waals surface area contributed by atoms with Crippen LogP contribution in [0.15, 0.2) is 27.1 Å². The van der Waals surface area contributed by atoms with Gasteiger partial charge in [0.2, 0.25) is 11.8 Å². The van der Waals surface area contributed by atoms with Crippen molar-refractivity contribution in [1.82, 2.24) is 10.2 Å². The second-order valence-corrected chi connectivity index (χ2v) is 4.14. The number of aryl methyl sites for hydroxylation is 2. The zero-order chi connectivity index (χ0) is 10.8. The topological polar surface area (TPSA) is 38.9 Å². The van der Waals surface area contributed by atoms with E-state index in [1.165, 1.54) is 5.56 Å². The molecule has 0 spiro atoms. The van der Waals surface area contributed by atoms with Crippen molar-refractivity contribution < 1.29 is 4.42 Å². The third kappa shape index (κ3) is 2.09. The van der Waals surface area contributed by atoms with Crippen LogP contribution >= 0.6 is 15.9 Å². The Morgan fingerprint density at radius 2 is 2.13 bits per heavy atom. The number of hydrogen-bond donors (Lipinski definition) is 0. The molecule has 0 unspecified atom stereocenters. The monoisotopic (exact) mass is 266 g/mol. The molecular formula is C11H11BrN2O. The minimum atomic E-state index is 0.578. The maximum atomic E-state index is 5.37. The van der Waals surface area contributed by atoms with Gasteiger partial charge < -0.3 is 4.42 Å². The highest BCUT2D eigenvalue weighted by Gasteiger charge is 2.07. The van der Waals surface area contributed by atoms with Crippen LogP contribution in [0.1, 0.15) is 18.4 Å². The lowest BCUT2D eigenvalue weighted by Crippen LogP contribution is -1.85. The Balaban J connectivity index is 2.45. The highest BCUT2D eigenvalue weighted by molar-refractivity contribution is 9.10. The first-order chi connectivity index (χ1) is 7.20. The number of halogens is 1. The van der Waals surface area contributed by atoms with E-state index >= 15 is 0 Å². The Morgan fingerprint density at radius 1 is 1.33 bits per heavy atom. The molecule has 3 nitrogen and oxygen atoms in total. The minimum absolute atomic E-state index is 0.578. The van der Waals surface area contributed by atoms with Crippen LogP contribution in [0.4, 0.5) is 0 Å². The molecule has 15 heavy (non-hydrogen) atoms. The van der Waals surface area contributed by atoms with Gasteiger partial charge in [-0.15, -0.1) is 10.2 Å². The van der Waals surface area contributed by atoms with Crippen LogP contribution in [0.5, 0.6) is 0 Å². The van der Waals surface area contributed by atoms with Crippen molar-refractivity contribution in [2.45, 2.75) is 20.3 Å². The summed E-state index contributed by atoms with van der Waals surface area (Å²) in [5, 5.41) is 7.80. The molecule has 4 heteroatoms. The summed E-state index contributed by atoms with van der Waals surface area (Å²) in [7, 11) is 0. The Morgan fingerprint density at radius 3 is 2.73 bits per heavy atom. The number of rotatable bonds is 2. The summed E-state index contributed by atoms with van der Waals surface area (Å²) in [5.41, 5.74) is 2.21. The second-order valence-electron chi connectivity index (χ2n) is 3.29. The van der Waals surface area contributed by atoms with Gasteiger partial charge in [-0.2, -0.15) is 0 Å². The normalized spacial score (nSPS) is 10.6. The summed E-state index contributed by atoms with van der Waals surface area (Å²) in [4.78, 5) is 0. The van der Waals surface area contributed by atoms with E-state index < -0.39 is 0 Å². The molecule has 78 valence electrons. The van der Waals surface area contributed by atoms with E-state index in [0.29, 0.717) is 11.8 Å². The van der Waals surface area contributed by atoms with Crippen molar-refractivity contribution >= 4 is 15.9 Å². The van der Waals surface area contributed by atoms with Crippen molar-refractivity contribution in [2.24, 2.45) is 0 Å². The largest absolute Gasteiger partial charge is 0.421 e. The van der Waals surface area contributed by atoms with Gasteiger partial charge in [0.25, 0.3) is 0 Å². The standard InChI is InChI=1S/C11H11BrN2O/c1-3-8-6-9(4-5-10(8)12)11-14-13-7(2)15-11/h4-6H,3H2,1-2H3. The van der Waals surface area contributed by atoms with Gasteiger partial charge in [-0.3, -0.25) is 0 Å². The smallest absolute Gasteiger partial charge is 0.247 e. The van der Waals surface area contributed by atoms with Gasteiger partial charge in [-0.1, -0.05) is 22.9 Å². The van der Waals surface area contributed by atoms with E-state index in [4.69, 9.17) is 4.42 Å². The Hall–Kier alpha value is -1.16. The third-order valence-electron chi connectivity index (χ3n) is 2.20. The van der Waals surface area contributed by atoms with Gasteiger partial charge >= 0.3 is 0 Å². The lowest BCUT2D eigenvalue weighted by atomic mass is 10.1. The summed E-state index contributed by atoms with van der Waals surface area (Å²) in [6.07, 6.45) is 0.974. The van der Waals surface area contributed by atoms with Gasteiger partial charge in [-0.05, 0) is 30.2 Å². The van der Waals surface area contributed by atoms with Gasteiger partial charge in [0.15, 0.2) is 0 Å². The number of nitrogens with zero attached hydrogens (tertiary/aromatic N) is 2. The van der Waals surface area contributed by atoms with Crippen molar-refractivity contribution in [3.8, 4) is 11.5 Å². The fourth-order valence-corrected chi connectivity index (χ4v) is 1.92. The van der Waals surface area contributed by atoms with Crippen molar-refractivity contribution in [1.29, 1.82) is 0 Å². The van der Waals surface area contributed by atoms with E-state index in [0.717, 1.165) is 16.5 Å².